The van der Waals surface area contributed by atoms with Crippen molar-refractivity contribution in [1.82, 2.24) is 0 Å². The molecule has 0 radical (unpaired) electrons. The maximum Gasteiger partial charge on any atom is 0.333 e. The van der Waals surface area contributed by atoms with Crippen molar-refractivity contribution in [2.75, 3.05) is 0 Å². The number of hydrogen-bond acceptors (Lipinski definition) is 18. The van der Waals surface area contributed by atoms with Crippen LogP contribution < -0.4 is 0 Å². The number of rotatable bonds is 25. The molecule has 0 aromatic rings. The predicted octanol–water partition coefficient (Wildman–Crippen LogP) is 33.1. The standard InChI is InChI=1S/C15H26O2.3C14H24O2.3C13H22O2.2C12H20O2/c1-12(2)14(16)17-15(13(3)4)10-8-6-5-7-9-11-15;1-11(2)13(15)16-14(12(3)4)9-7-5-6-8-10-14;1-4-14(16-13(15)12(2)3)10-8-6-5-7-9-11-14;1-4-13(15)16-14(12(2)3)10-8-6-5-7-9-11-14;1-11(2)12(14)15-13(3)9-7-5-4-6-8-10-13;1-4-12(14)15-13(11(2)3)9-7-5-6-8-10-13;1-3-12(14)15-13(4-2)10-8-6-5-7-9-11-13;1-3-11(13)14-12(2)9-7-5-4-6-8-10-12;1-3-11(13)14-12(4-2)9-7-5-6-8-10-12/h13H,1,5-11H2,2-4H3;12H,1,5-10H2,2-4H3;2,4-11H2,1,3H3;4,12H,1,5-11H2,2-3H3;1,4-10H2,2-3H3;4,11H,1,5-10H2,2-3H3;3H,1,4-11H2,2H3;2*3H,1,4-10H2,2H3. The summed E-state index contributed by atoms with van der Waals surface area (Å²) in [5.41, 5.74) is -0.0628. The summed E-state index contributed by atoms with van der Waals surface area (Å²) in [5, 5.41) is 0. The fraction of sp³-hybridized carbons (Fsp3) is 0.775. The van der Waals surface area contributed by atoms with Crippen LogP contribution in [0.4, 0.5) is 0 Å². The van der Waals surface area contributed by atoms with E-state index in [1.165, 1.54) is 300 Å². The maximum atomic E-state index is 11.8. The van der Waals surface area contributed by atoms with Crippen LogP contribution >= 0.6 is 0 Å². The third kappa shape index (κ3) is 51.7. The van der Waals surface area contributed by atoms with Crippen molar-refractivity contribution >= 4 is 53.7 Å². The van der Waals surface area contributed by atoms with Crippen LogP contribution in [0.2, 0.25) is 0 Å². The van der Waals surface area contributed by atoms with Gasteiger partial charge in [0.05, 0.1) is 0 Å². The molecule has 0 amide bonds. The van der Waals surface area contributed by atoms with E-state index < -0.39 is 0 Å². The molecule has 0 N–H and O–H groups in total. The van der Waals surface area contributed by atoms with Gasteiger partial charge in [0, 0.05) is 52.7 Å². The maximum absolute atomic E-state index is 11.8. The number of ether oxygens (including phenoxy) is 9. The van der Waals surface area contributed by atoms with Crippen LogP contribution in [0.25, 0.3) is 0 Å². The molecule has 0 aliphatic heterocycles. The second kappa shape index (κ2) is 70.5. The van der Waals surface area contributed by atoms with Crippen LogP contribution in [-0.2, 0) is 85.8 Å². The lowest BCUT2D eigenvalue weighted by molar-refractivity contribution is -0.163. The fourth-order valence-electron chi connectivity index (χ4n) is 20.8. The predicted molar refractivity (Wildman–Crippen MR) is 568 cm³/mol. The molecule has 792 valence electrons. The Morgan fingerprint density at radius 1 is 0.210 bits per heavy atom. The molecule has 9 fully saturated rings. The molecule has 0 atom stereocenters. The number of hydrogen-bond donors (Lipinski definition) is 0. The Balaban J connectivity index is 0.000000777. The van der Waals surface area contributed by atoms with Gasteiger partial charge in [0.15, 0.2) is 0 Å². The van der Waals surface area contributed by atoms with E-state index in [1.54, 1.807) is 27.7 Å². The van der Waals surface area contributed by atoms with Gasteiger partial charge in [0.2, 0.25) is 0 Å². The van der Waals surface area contributed by atoms with Gasteiger partial charge in [-0.3, -0.25) is 0 Å². The SMILES string of the molecule is C=C(C)C(=O)OC1(C(C)C)CCCCCC1.C=C(C)C(=O)OC1(C(C)C)CCCCCCC1.C=C(C)C(=O)OC1(C)CCCCCCC1.C=C(C)C(=O)OC1(CC)CCCCCCC1.C=CC(=O)OC1(C(C)C)CCCCCC1.C=CC(=O)OC1(C(C)C)CCCCCCC1.C=CC(=O)OC1(C)CCCCCCC1.C=CC(=O)OC1(CC)CCCCCC1.C=CC(=O)OC1(CC)CCCCCCC1. The summed E-state index contributed by atoms with van der Waals surface area (Å²) in [7, 11) is 0. The summed E-state index contributed by atoms with van der Waals surface area (Å²) in [4.78, 5) is 103. The van der Waals surface area contributed by atoms with E-state index in [-0.39, 0.29) is 104 Å². The van der Waals surface area contributed by atoms with Crippen LogP contribution in [-0.4, -0.2) is 104 Å². The van der Waals surface area contributed by atoms with Gasteiger partial charge in [0.25, 0.3) is 0 Å². The molecule has 9 aliphatic rings. The van der Waals surface area contributed by atoms with Crippen molar-refractivity contribution < 1.29 is 85.8 Å². The normalized spacial score (nSPS) is 20.9. The Kier molecular flexibility index (Phi) is 65.9. The smallest absolute Gasteiger partial charge is 0.333 e. The van der Waals surface area contributed by atoms with Crippen LogP contribution in [0.5, 0.6) is 0 Å². The molecule has 0 bridgehead atoms. The molecular formula is C120H204O18. The molecular weight excluding hydrogens is 1730 g/mol. The van der Waals surface area contributed by atoms with Gasteiger partial charge < -0.3 is 42.6 Å². The Bertz CT molecular complexity index is 3540. The molecule has 0 aromatic carbocycles. The van der Waals surface area contributed by atoms with Crippen molar-refractivity contribution in [3.63, 3.8) is 0 Å². The molecule has 0 unspecified atom stereocenters. The summed E-state index contributed by atoms with van der Waals surface area (Å²) in [5.74, 6) is -0.735. The van der Waals surface area contributed by atoms with E-state index in [0.29, 0.717) is 46.0 Å². The third-order valence-electron chi connectivity index (χ3n) is 30.9. The molecule has 0 spiro atoms. The average Bonchev–Trinajstić information content (AvgIpc) is 1.56. The summed E-state index contributed by atoms with van der Waals surface area (Å²) in [6.45, 7) is 66.4. The number of carbonyl (C=O) groups excluding carboxylic acids is 9. The van der Waals surface area contributed by atoms with E-state index >= 15 is 0 Å². The summed E-state index contributed by atoms with van der Waals surface area (Å²) >= 11 is 0. The summed E-state index contributed by atoms with van der Waals surface area (Å²) < 4.78 is 50.5. The van der Waals surface area contributed by atoms with Gasteiger partial charge in [-0.05, 0) is 316 Å². The molecule has 9 rings (SSSR count). The lowest BCUT2D eigenvalue weighted by Crippen LogP contribution is -2.41. The lowest BCUT2D eigenvalue weighted by atomic mass is 9.79. The Morgan fingerprint density at radius 3 is 0.543 bits per heavy atom. The van der Waals surface area contributed by atoms with E-state index in [1.807, 2.05) is 6.92 Å². The zero-order valence-corrected chi connectivity index (χ0v) is 91.5. The zero-order chi connectivity index (χ0) is 104. The average molecular weight is 1930 g/mol. The second-order valence-corrected chi connectivity index (χ2v) is 43.5. The third-order valence-corrected chi connectivity index (χ3v) is 30.9. The first-order valence-electron chi connectivity index (χ1n) is 55.2. The van der Waals surface area contributed by atoms with Crippen molar-refractivity contribution in [1.29, 1.82) is 0 Å². The minimum Gasteiger partial charge on any atom is -0.456 e. The van der Waals surface area contributed by atoms with Gasteiger partial charge in [-0.2, -0.15) is 0 Å². The molecule has 0 saturated heterocycles. The lowest BCUT2D eigenvalue weighted by Gasteiger charge is -2.38. The Hall–Kier alpha value is -7.11. The van der Waals surface area contributed by atoms with Crippen LogP contribution in [0.15, 0.2) is 112 Å². The molecule has 9 aliphatic carbocycles. The first-order valence-corrected chi connectivity index (χ1v) is 55.2. The molecule has 138 heavy (non-hydrogen) atoms. The monoisotopic (exact) mass is 1930 g/mol. The van der Waals surface area contributed by atoms with Gasteiger partial charge in [-0.15, -0.1) is 0 Å². The van der Waals surface area contributed by atoms with E-state index in [4.69, 9.17) is 42.6 Å². The topological polar surface area (TPSA) is 237 Å². The number of esters is 9. The van der Waals surface area contributed by atoms with Crippen molar-refractivity contribution in [3.05, 3.63) is 112 Å². The van der Waals surface area contributed by atoms with Gasteiger partial charge >= 0.3 is 53.7 Å². The molecule has 9 saturated carbocycles. The summed E-state index contributed by atoms with van der Waals surface area (Å²) in [6.07, 6.45) is 79.0. The Labute approximate surface area is 842 Å². The van der Waals surface area contributed by atoms with Crippen molar-refractivity contribution in [2.24, 2.45) is 23.7 Å². The highest BCUT2D eigenvalue weighted by Gasteiger charge is 2.43. The van der Waals surface area contributed by atoms with Crippen molar-refractivity contribution in [2.45, 2.75) is 573 Å². The quantitative estimate of drug-likeness (QED) is 0.0357. The van der Waals surface area contributed by atoms with E-state index in [9.17, 15) is 43.2 Å². The zero-order valence-electron chi connectivity index (χ0n) is 91.5. The van der Waals surface area contributed by atoms with Gasteiger partial charge in [-0.1, -0.05) is 289 Å². The first kappa shape index (κ1) is 129. The summed E-state index contributed by atoms with van der Waals surface area (Å²) in [6, 6.07) is 0. The highest BCUT2D eigenvalue weighted by Crippen LogP contribution is 2.44. The Morgan fingerprint density at radius 2 is 0.355 bits per heavy atom. The van der Waals surface area contributed by atoms with E-state index in [2.05, 4.69) is 142 Å². The molecule has 18 heteroatoms. The van der Waals surface area contributed by atoms with Crippen molar-refractivity contribution in [3.8, 4) is 0 Å². The minimum atomic E-state index is -0.284. The largest absolute Gasteiger partial charge is 0.456 e. The van der Waals surface area contributed by atoms with Gasteiger partial charge in [-0.25, -0.2) is 43.2 Å². The van der Waals surface area contributed by atoms with Crippen LogP contribution in [0.3, 0.4) is 0 Å². The van der Waals surface area contributed by atoms with Crippen LogP contribution in [0.1, 0.15) is 522 Å². The highest BCUT2D eigenvalue weighted by atomic mass is 16.6. The first-order chi connectivity index (χ1) is 65.4. The minimum absolute atomic E-state index is 0.193. The fourth-order valence-corrected chi connectivity index (χ4v) is 20.8. The number of carbonyl (C=O) groups is 9. The highest BCUT2D eigenvalue weighted by molar-refractivity contribution is 5.89. The second-order valence-electron chi connectivity index (χ2n) is 43.5. The molecule has 0 heterocycles. The van der Waals surface area contributed by atoms with Crippen LogP contribution in [0, 0.1) is 23.7 Å². The van der Waals surface area contributed by atoms with E-state index in [0.717, 1.165) is 135 Å². The van der Waals surface area contributed by atoms with Gasteiger partial charge in [0.1, 0.15) is 50.4 Å². The molecule has 0 aromatic heterocycles. The molecule has 18 nitrogen and oxygen atoms in total.